The molecule has 0 bridgehead atoms. The number of carbonyl (C=O) groups is 2. The highest BCUT2D eigenvalue weighted by Crippen LogP contribution is 2.37. The number of anilines is 1. The van der Waals surface area contributed by atoms with Gasteiger partial charge in [0.05, 0.1) is 18.0 Å². The van der Waals surface area contributed by atoms with E-state index < -0.39 is 5.82 Å². The van der Waals surface area contributed by atoms with Gasteiger partial charge in [0.15, 0.2) is 0 Å². The predicted octanol–water partition coefficient (Wildman–Crippen LogP) is 5.76. The van der Waals surface area contributed by atoms with Gasteiger partial charge in [-0.15, -0.1) is 11.8 Å². The molecule has 192 valence electrons. The van der Waals surface area contributed by atoms with Crippen LogP contribution in [-0.2, 0) is 17.9 Å². The number of rotatable bonds is 7. The summed E-state index contributed by atoms with van der Waals surface area (Å²) >= 11 is 7.64. The summed E-state index contributed by atoms with van der Waals surface area (Å²) in [4.78, 5) is 30.7. The highest BCUT2D eigenvalue weighted by atomic mass is 35.5. The molecule has 0 atom stereocenters. The fourth-order valence-corrected chi connectivity index (χ4v) is 6.03. The van der Waals surface area contributed by atoms with Crippen LogP contribution in [-0.4, -0.2) is 42.1 Å². The van der Waals surface area contributed by atoms with Crippen molar-refractivity contribution in [1.82, 2.24) is 10.2 Å². The Morgan fingerprint density at radius 2 is 1.81 bits per heavy atom. The van der Waals surface area contributed by atoms with Crippen molar-refractivity contribution in [3.05, 3.63) is 94.3 Å². The van der Waals surface area contributed by atoms with Crippen molar-refractivity contribution < 1.29 is 14.0 Å². The predicted molar refractivity (Wildman–Crippen MR) is 147 cm³/mol. The lowest BCUT2D eigenvalue weighted by Gasteiger charge is -2.32. The van der Waals surface area contributed by atoms with E-state index in [-0.39, 0.29) is 34.7 Å². The molecule has 0 spiro atoms. The monoisotopic (exact) mass is 537 g/mol. The van der Waals surface area contributed by atoms with Crippen LogP contribution in [0.5, 0.6) is 0 Å². The van der Waals surface area contributed by atoms with Crippen LogP contribution in [0.1, 0.15) is 34.3 Å². The maximum Gasteiger partial charge on any atom is 0.251 e. The van der Waals surface area contributed by atoms with Crippen LogP contribution in [0.2, 0.25) is 5.02 Å². The second-order valence-corrected chi connectivity index (χ2v) is 11.0. The summed E-state index contributed by atoms with van der Waals surface area (Å²) < 4.78 is 14.4. The molecule has 0 saturated carbocycles. The van der Waals surface area contributed by atoms with Gasteiger partial charge in [-0.2, -0.15) is 0 Å². The number of halogens is 2. The average molecular weight is 538 g/mol. The molecule has 1 N–H and O–H groups in total. The summed E-state index contributed by atoms with van der Waals surface area (Å²) in [5, 5.41) is 3.36. The second kappa shape index (κ2) is 11.7. The highest BCUT2D eigenvalue weighted by Gasteiger charge is 2.28. The van der Waals surface area contributed by atoms with Crippen molar-refractivity contribution in [2.75, 3.05) is 30.3 Å². The number of piperidine rings is 1. The molecule has 0 aliphatic carbocycles. The largest absolute Gasteiger partial charge is 0.352 e. The van der Waals surface area contributed by atoms with Crippen LogP contribution in [0.25, 0.3) is 0 Å². The van der Waals surface area contributed by atoms with Gasteiger partial charge in [0.2, 0.25) is 5.91 Å². The molecule has 2 aliphatic rings. The van der Waals surface area contributed by atoms with Crippen LogP contribution in [0.15, 0.2) is 71.6 Å². The normalized spacial score (nSPS) is 16.5. The lowest BCUT2D eigenvalue weighted by Crippen LogP contribution is -2.38. The van der Waals surface area contributed by atoms with E-state index in [1.165, 1.54) is 28.3 Å². The quantitative estimate of drug-likeness (QED) is 0.416. The molecule has 0 aromatic heterocycles. The lowest BCUT2D eigenvalue weighted by molar-refractivity contribution is -0.116. The molecule has 0 radical (unpaired) electrons. The summed E-state index contributed by atoms with van der Waals surface area (Å²) in [6.07, 6.45) is 2.08. The van der Waals surface area contributed by atoms with Crippen molar-refractivity contribution in [3.8, 4) is 0 Å². The van der Waals surface area contributed by atoms with Crippen molar-refractivity contribution in [1.29, 1.82) is 0 Å². The Bertz CT molecular complexity index is 1260. The van der Waals surface area contributed by atoms with Crippen molar-refractivity contribution >= 4 is 40.9 Å². The molecule has 2 aliphatic heterocycles. The number of nitrogens with one attached hydrogen (secondary N) is 1. The standard InChI is InChI=1S/C29H29ClFN3O2S/c30-24-7-4-8-25(31)23(24)18-34-26-15-22(9-10-27(26)37-19-28(34)35)29(36)32-16-20-11-13-33(14-12-20)17-21-5-2-1-3-6-21/h1-10,15,20H,11-14,16-19H2,(H,32,36). The number of carbonyl (C=O) groups excluding carboxylic acids is 2. The van der Waals surface area contributed by atoms with Gasteiger partial charge in [-0.25, -0.2) is 4.39 Å². The van der Waals surface area contributed by atoms with E-state index in [1.54, 1.807) is 24.3 Å². The SMILES string of the molecule is O=C(NCC1CCN(Cc2ccccc2)CC1)c1ccc2c(c1)N(Cc1c(F)cccc1Cl)C(=O)CS2. The van der Waals surface area contributed by atoms with Crippen molar-refractivity contribution in [2.45, 2.75) is 30.8 Å². The van der Waals surface area contributed by atoms with Crippen molar-refractivity contribution in [2.24, 2.45) is 5.92 Å². The maximum absolute atomic E-state index is 14.4. The molecule has 2 amide bonds. The van der Waals surface area contributed by atoms with Crippen LogP contribution in [0.3, 0.4) is 0 Å². The van der Waals surface area contributed by atoms with Gasteiger partial charge in [0.25, 0.3) is 5.91 Å². The first kappa shape index (κ1) is 25.8. The second-order valence-electron chi connectivity index (χ2n) is 9.57. The molecular weight excluding hydrogens is 509 g/mol. The van der Waals surface area contributed by atoms with Gasteiger partial charge in [-0.05, 0) is 67.7 Å². The summed E-state index contributed by atoms with van der Waals surface area (Å²) in [7, 11) is 0. The van der Waals surface area contributed by atoms with E-state index in [0.29, 0.717) is 23.7 Å². The Morgan fingerprint density at radius 3 is 2.57 bits per heavy atom. The summed E-state index contributed by atoms with van der Waals surface area (Å²) in [6, 6.07) is 20.3. The number of hydrogen-bond donors (Lipinski definition) is 1. The fourth-order valence-electron chi connectivity index (χ4n) is 4.89. The van der Waals surface area contributed by atoms with E-state index in [0.717, 1.165) is 37.4 Å². The highest BCUT2D eigenvalue weighted by molar-refractivity contribution is 8.00. The smallest absolute Gasteiger partial charge is 0.251 e. The van der Waals surface area contributed by atoms with Gasteiger partial charge < -0.3 is 10.2 Å². The van der Waals surface area contributed by atoms with Crippen LogP contribution in [0, 0.1) is 11.7 Å². The van der Waals surface area contributed by atoms with Crippen LogP contribution < -0.4 is 10.2 Å². The average Bonchev–Trinajstić information content (AvgIpc) is 2.91. The first-order valence-corrected chi connectivity index (χ1v) is 13.9. The molecular formula is C29H29ClFN3O2S. The van der Waals surface area contributed by atoms with Crippen molar-refractivity contribution in [3.63, 3.8) is 0 Å². The zero-order chi connectivity index (χ0) is 25.8. The van der Waals surface area contributed by atoms with E-state index in [2.05, 4.69) is 34.5 Å². The Morgan fingerprint density at radius 1 is 1.03 bits per heavy atom. The fraction of sp³-hybridized carbons (Fsp3) is 0.310. The number of hydrogen-bond acceptors (Lipinski definition) is 4. The minimum atomic E-state index is -0.455. The van der Waals surface area contributed by atoms with Gasteiger partial charge in [0, 0.05) is 34.1 Å². The molecule has 1 fully saturated rings. The first-order valence-electron chi connectivity index (χ1n) is 12.5. The molecule has 2 heterocycles. The molecule has 0 unspecified atom stereocenters. The summed E-state index contributed by atoms with van der Waals surface area (Å²) in [6.45, 7) is 3.63. The Labute approximate surface area is 226 Å². The van der Waals surface area contributed by atoms with E-state index in [4.69, 9.17) is 11.6 Å². The zero-order valence-electron chi connectivity index (χ0n) is 20.5. The number of thioether (sulfide) groups is 1. The molecule has 3 aromatic rings. The van der Waals surface area contributed by atoms with Gasteiger partial charge in [0.1, 0.15) is 5.82 Å². The molecule has 1 saturated heterocycles. The lowest BCUT2D eigenvalue weighted by atomic mass is 9.96. The molecule has 3 aromatic carbocycles. The minimum absolute atomic E-state index is 0.0184. The molecule has 37 heavy (non-hydrogen) atoms. The Hall–Kier alpha value is -2.87. The Balaban J connectivity index is 1.20. The summed E-state index contributed by atoms with van der Waals surface area (Å²) in [5.74, 6) is -0.0691. The number of amides is 2. The first-order chi connectivity index (χ1) is 18.0. The van der Waals surface area contributed by atoms with Gasteiger partial charge in [-0.1, -0.05) is 48.0 Å². The van der Waals surface area contributed by atoms with Gasteiger partial charge >= 0.3 is 0 Å². The summed E-state index contributed by atoms with van der Waals surface area (Å²) in [5.41, 5.74) is 2.69. The topological polar surface area (TPSA) is 52.7 Å². The van der Waals surface area contributed by atoms with E-state index in [9.17, 15) is 14.0 Å². The third kappa shape index (κ3) is 6.17. The number of fused-ring (bicyclic) bond motifs is 1. The van der Waals surface area contributed by atoms with Crippen LogP contribution in [0.4, 0.5) is 10.1 Å². The maximum atomic E-state index is 14.4. The zero-order valence-corrected chi connectivity index (χ0v) is 22.0. The number of nitrogens with zero attached hydrogens (tertiary/aromatic N) is 2. The minimum Gasteiger partial charge on any atom is -0.352 e. The molecule has 5 nitrogen and oxygen atoms in total. The van der Waals surface area contributed by atoms with E-state index >= 15 is 0 Å². The number of likely N-dealkylation sites (tertiary alicyclic amines) is 1. The third-order valence-corrected chi connectivity index (χ3v) is 8.45. The number of benzene rings is 3. The molecule has 8 heteroatoms. The van der Waals surface area contributed by atoms with Crippen LogP contribution >= 0.6 is 23.4 Å². The Kier molecular flexibility index (Phi) is 8.13. The van der Waals surface area contributed by atoms with Gasteiger partial charge in [-0.3, -0.25) is 14.5 Å². The third-order valence-electron chi connectivity index (χ3n) is 7.05. The molecule has 5 rings (SSSR count). The van der Waals surface area contributed by atoms with E-state index in [1.807, 2.05) is 12.1 Å².